The number of ketones is 1. The van der Waals surface area contributed by atoms with E-state index in [9.17, 15) is 9.90 Å². The normalized spacial score (nSPS) is 33.8. The number of rotatable bonds is 1. The van der Waals surface area contributed by atoms with Gasteiger partial charge in [0.15, 0.2) is 0 Å². The Morgan fingerprint density at radius 3 is 2.60 bits per heavy atom. The van der Waals surface area contributed by atoms with E-state index in [0.717, 1.165) is 19.3 Å². The van der Waals surface area contributed by atoms with Gasteiger partial charge in [-0.15, -0.1) is 0 Å². The van der Waals surface area contributed by atoms with Crippen molar-refractivity contribution in [1.29, 1.82) is 0 Å². The van der Waals surface area contributed by atoms with Gasteiger partial charge in [0.05, 0.1) is 6.10 Å². The molecule has 2 heteroatoms. The molecule has 0 heterocycles. The van der Waals surface area contributed by atoms with Crippen molar-refractivity contribution in [3.05, 3.63) is 0 Å². The van der Waals surface area contributed by atoms with Crippen LogP contribution in [0.15, 0.2) is 0 Å². The molecule has 1 saturated carbocycles. The van der Waals surface area contributed by atoms with Crippen LogP contribution in [0.1, 0.15) is 32.6 Å². The molecule has 2 nitrogen and oxygen atoms in total. The average molecular weight is 142 g/mol. The van der Waals surface area contributed by atoms with Gasteiger partial charge in [-0.05, 0) is 26.2 Å². The van der Waals surface area contributed by atoms with Crippen LogP contribution in [0.2, 0.25) is 0 Å². The minimum atomic E-state index is -0.220. The fourth-order valence-electron chi connectivity index (χ4n) is 1.53. The molecule has 2 unspecified atom stereocenters. The van der Waals surface area contributed by atoms with Crippen LogP contribution in [0.3, 0.4) is 0 Å². The molecule has 0 aromatic carbocycles. The molecule has 2 atom stereocenters. The van der Waals surface area contributed by atoms with Gasteiger partial charge in [-0.2, -0.15) is 0 Å². The molecule has 1 N–H and O–H groups in total. The summed E-state index contributed by atoms with van der Waals surface area (Å²) in [4.78, 5) is 10.8. The maximum Gasteiger partial charge on any atom is 0.133 e. The summed E-state index contributed by atoms with van der Waals surface area (Å²) in [5.41, 5.74) is 0. The summed E-state index contributed by atoms with van der Waals surface area (Å²) in [7, 11) is 0. The SMILES string of the molecule is CC(=O)C1CCCC(O)C1. The molecule has 0 amide bonds. The van der Waals surface area contributed by atoms with Crippen molar-refractivity contribution in [2.45, 2.75) is 38.7 Å². The quantitative estimate of drug-likeness (QED) is 0.595. The van der Waals surface area contributed by atoms with E-state index < -0.39 is 0 Å². The van der Waals surface area contributed by atoms with E-state index in [0.29, 0.717) is 6.42 Å². The first-order chi connectivity index (χ1) is 4.70. The van der Waals surface area contributed by atoms with Crippen LogP contribution in [0.4, 0.5) is 0 Å². The molecule has 1 aliphatic carbocycles. The Morgan fingerprint density at radius 2 is 2.20 bits per heavy atom. The van der Waals surface area contributed by atoms with Gasteiger partial charge in [-0.1, -0.05) is 6.42 Å². The van der Waals surface area contributed by atoms with Crippen LogP contribution in [0, 0.1) is 5.92 Å². The summed E-state index contributed by atoms with van der Waals surface area (Å²) < 4.78 is 0. The van der Waals surface area contributed by atoms with Gasteiger partial charge in [0.1, 0.15) is 5.78 Å². The van der Waals surface area contributed by atoms with Gasteiger partial charge in [0.25, 0.3) is 0 Å². The Kier molecular flexibility index (Phi) is 2.44. The second-order valence-electron chi connectivity index (χ2n) is 3.13. The summed E-state index contributed by atoms with van der Waals surface area (Å²) >= 11 is 0. The lowest BCUT2D eigenvalue weighted by atomic mass is 9.85. The zero-order valence-electron chi connectivity index (χ0n) is 6.34. The van der Waals surface area contributed by atoms with Gasteiger partial charge in [-0.3, -0.25) is 4.79 Å². The first-order valence-electron chi connectivity index (χ1n) is 3.88. The number of carbonyl (C=O) groups excluding carboxylic acids is 1. The molecule has 0 aromatic rings. The standard InChI is InChI=1S/C8H14O2/c1-6(9)7-3-2-4-8(10)5-7/h7-8,10H,2-5H2,1H3. The van der Waals surface area contributed by atoms with Crippen molar-refractivity contribution in [2.75, 3.05) is 0 Å². The molecule has 0 aromatic heterocycles. The van der Waals surface area contributed by atoms with Gasteiger partial charge < -0.3 is 5.11 Å². The molecule has 0 aliphatic heterocycles. The maximum absolute atomic E-state index is 10.8. The summed E-state index contributed by atoms with van der Waals surface area (Å²) in [6.45, 7) is 1.61. The Hall–Kier alpha value is -0.370. The van der Waals surface area contributed by atoms with Gasteiger partial charge >= 0.3 is 0 Å². The highest BCUT2D eigenvalue weighted by Crippen LogP contribution is 2.24. The van der Waals surface area contributed by atoms with Gasteiger partial charge in [0.2, 0.25) is 0 Å². The molecule has 10 heavy (non-hydrogen) atoms. The van der Waals surface area contributed by atoms with E-state index in [1.54, 1.807) is 6.92 Å². The lowest BCUT2D eigenvalue weighted by Crippen LogP contribution is -2.23. The number of aliphatic hydroxyl groups is 1. The highest BCUT2D eigenvalue weighted by Gasteiger charge is 2.22. The zero-order valence-corrected chi connectivity index (χ0v) is 6.34. The smallest absolute Gasteiger partial charge is 0.133 e. The van der Waals surface area contributed by atoms with Crippen LogP contribution in [0.25, 0.3) is 0 Å². The lowest BCUT2D eigenvalue weighted by Gasteiger charge is -2.23. The Morgan fingerprint density at radius 1 is 1.50 bits per heavy atom. The van der Waals surface area contributed by atoms with E-state index in [2.05, 4.69) is 0 Å². The summed E-state index contributed by atoms with van der Waals surface area (Å²) in [6.07, 6.45) is 3.33. The molecule has 1 aliphatic rings. The van der Waals surface area contributed by atoms with Crippen molar-refractivity contribution in [3.63, 3.8) is 0 Å². The maximum atomic E-state index is 10.8. The molecule has 1 fully saturated rings. The van der Waals surface area contributed by atoms with E-state index in [1.807, 2.05) is 0 Å². The first kappa shape index (κ1) is 7.73. The first-order valence-corrected chi connectivity index (χ1v) is 3.88. The minimum Gasteiger partial charge on any atom is -0.393 e. The number of hydrogen-bond donors (Lipinski definition) is 1. The van der Waals surface area contributed by atoms with Crippen LogP contribution < -0.4 is 0 Å². The molecule has 0 radical (unpaired) electrons. The van der Waals surface area contributed by atoms with Crippen molar-refractivity contribution >= 4 is 5.78 Å². The molecule has 58 valence electrons. The zero-order chi connectivity index (χ0) is 7.56. The molecule has 0 spiro atoms. The molecule has 0 saturated heterocycles. The Bertz CT molecular complexity index is 131. The van der Waals surface area contributed by atoms with Crippen molar-refractivity contribution in [2.24, 2.45) is 5.92 Å². The van der Waals surface area contributed by atoms with E-state index in [4.69, 9.17) is 0 Å². The highest BCUT2D eigenvalue weighted by molar-refractivity contribution is 5.78. The highest BCUT2D eigenvalue weighted by atomic mass is 16.3. The van der Waals surface area contributed by atoms with Crippen LogP contribution in [0.5, 0.6) is 0 Å². The number of aliphatic hydroxyl groups excluding tert-OH is 1. The topological polar surface area (TPSA) is 37.3 Å². The van der Waals surface area contributed by atoms with Crippen molar-refractivity contribution in [3.8, 4) is 0 Å². The third-order valence-corrected chi connectivity index (χ3v) is 2.22. The van der Waals surface area contributed by atoms with Crippen molar-refractivity contribution in [1.82, 2.24) is 0 Å². The summed E-state index contributed by atoms with van der Waals surface area (Å²) in [5.74, 6) is 0.377. The number of hydrogen-bond acceptors (Lipinski definition) is 2. The second kappa shape index (κ2) is 3.15. The molecular weight excluding hydrogens is 128 g/mol. The van der Waals surface area contributed by atoms with E-state index in [1.165, 1.54) is 0 Å². The van der Waals surface area contributed by atoms with E-state index >= 15 is 0 Å². The number of carbonyl (C=O) groups is 1. The van der Waals surface area contributed by atoms with Gasteiger partial charge in [0, 0.05) is 5.92 Å². The second-order valence-corrected chi connectivity index (χ2v) is 3.13. The number of Topliss-reactive ketones (excluding diaryl/α,β-unsaturated/α-hetero) is 1. The van der Waals surface area contributed by atoms with Gasteiger partial charge in [-0.25, -0.2) is 0 Å². The van der Waals surface area contributed by atoms with Crippen LogP contribution in [-0.2, 0) is 4.79 Å². The molecule has 0 bridgehead atoms. The predicted octanol–water partition coefficient (Wildman–Crippen LogP) is 1.13. The Balaban J connectivity index is 2.39. The fraction of sp³-hybridized carbons (Fsp3) is 0.875. The average Bonchev–Trinajstić information content (AvgIpc) is 1.88. The van der Waals surface area contributed by atoms with Crippen LogP contribution >= 0.6 is 0 Å². The third-order valence-electron chi connectivity index (χ3n) is 2.22. The molecular formula is C8H14O2. The van der Waals surface area contributed by atoms with Crippen molar-refractivity contribution < 1.29 is 9.90 Å². The molecule has 1 rings (SSSR count). The van der Waals surface area contributed by atoms with Crippen LogP contribution in [-0.4, -0.2) is 17.0 Å². The lowest BCUT2D eigenvalue weighted by molar-refractivity contribution is -0.122. The minimum absolute atomic E-state index is 0.142. The third kappa shape index (κ3) is 1.81. The monoisotopic (exact) mass is 142 g/mol. The summed E-state index contributed by atoms with van der Waals surface area (Å²) in [6, 6.07) is 0. The summed E-state index contributed by atoms with van der Waals surface area (Å²) in [5, 5.41) is 9.18. The Labute approximate surface area is 61.2 Å². The van der Waals surface area contributed by atoms with E-state index in [-0.39, 0.29) is 17.8 Å². The predicted molar refractivity (Wildman–Crippen MR) is 38.6 cm³/mol. The fourth-order valence-corrected chi connectivity index (χ4v) is 1.53. The largest absolute Gasteiger partial charge is 0.393 e.